The molecule has 0 unspecified atom stereocenters. The van der Waals surface area contributed by atoms with Gasteiger partial charge in [-0.05, 0) is 60.2 Å². The van der Waals surface area contributed by atoms with Gasteiger partial charge in [-0.25, -0.2) is 8.42 Å². The molecule has 0 aliphatic rings. The molecule has 0 aliphatic carbocycles. The monoisotopic (exact) mass is 452 g/mol. The summed E-state index contributed by atoms with van der Waals surface area (Å²) in [5.74, 6) is -0.543. The van der Waals surface area contributed by atoms with Crippen LogP contribution in [-0.4, -0.2) is 14.3 Å². The summed E-state index contributed by atoms with van der Waals surface area (Å²) in [4.78, 5) is 12.4. The van der Waals surface area contributed by atoms with Gasteiger partial charge in [-0.2, -0.15) is 5.26 Å². The van der Waals surface area contributed by atoms with Crippen molar-refractivity contribution in [2.24, 2.45) is 0 Å². The molecular formula is C22H17ClN4O3S. The Morgan fingerprint density at radius 2 is 1.61 bits per heavy atom. The Bertz CT molecular complexity index is 1270. The van der Waals surface area contributed by atoms with Crippen molar-refractivity contribution < 1.29 is 13.2 Å². The van der Waals surface area contributed by atoms with E-state index in [1.165, 1.54) is 36.4 Å². The average molecular weight is 453 g/mol. The first-order chi connectivity index (χ1) is 14.8. The third-order valence-electron chi connectivity index (χ3n) is 4.19. The van der Waals surface area contributed by atoms with Crippen LogP contribution in [0.25, 0.3) is 5.70 Å². The van der Waals surface area contributed by atoms with Gasteiger partial charge in [-0.3, -0.25) is 20.4 Å². The average Bonchev–Trinajstić information content (AvgIpc) is 2.78. The highest BCUT2D eigenvalue weighted by Crippen LogP contribution is 2.19. The molecule has 9 heteroatoms. The number of nitrogens with one attached hydrogen (secondary N) is 3. The van der Waals surface area contributed by atoms with Gasteiger partial charge in [-0.1, -0.05) is 36.4 Å². The minimum Gasteiger partial charge on any atom is -0.298 e. The number of carbonyl (C=O) groups excluding carboxylic acids is 1. The quantitative estimate of drug-likeness (QED) is 0.470. The van der Waals surface area contributed by atoms with Crippen molar-refractivity contribution in [1.29, 1.82) is 5.26 Å². The molecular weight excluding hydrogens is 436 g/mol. The fraction of sp³-hybridized carbons (Fsp3) is 0. The number of halogens is 1. The summed E-state index contributed by atoms with van der Waals surface area (Å²) < 4.78 is 27.7. The molecule has 31 heavy (non-hydrogen) atoms. The van der Waals surface area contributed by atoms with Crippen LogP contribution in [0.4, 0.5) is 5.69 Å². The number of carbonyl (C=O) groups is 1. The predicted molar refractivity (Wildman–Crippen MR) is 119 cm³/mol. The molecule has 156 valence electrons. The van der Waals surface area contributed by atoms with Crippen molar-refractivity contribution in [3.05, 3.63) is 101 Å². The number of nitrogens with zero attached hydrogens (tertiary/aromatic N) is 1. The van der Waals surface area contributed by atoms with E-state index in [1.807, 2.05) is 6.07 Å². The normalized spacial score (nSPS) is 10.6. The molecule has 3 N–H and O–H groups in total. The van der Waals surface area contributed by atoms with Crippen molar-refractivity contribution in [3.8, 4) is 6.07 Å². The second-order valence-corrected chi connectivity index (χ2v) is 8.51. The molecule has 0 bridgehead atoms. The molecule has 0 atom stereocenters. The van der Waals surface area contributed by atoms with E-state index in [9.17, 15) is 13.2 Å². The summed E-state index contributed by atoms with van der Waals surface area (Å²) in [5.41, 5.74) is 7.24. The van der Waals surface area contributed by atoms with Crippen molar-refractivity contribution in [1.82, 2.24) is 10.9 Å². The van der Waals surface area contributed by atoms with Gasteiger partial charge in [-0.15, -0.1) is 0 Å². The predicted octanol–water partition coefficient (Wildman–Crippen LogP) is 3.92. The summed E-state index contributed by atoms with van der Waals surface area (Å²) in [5, 5.41) is 9.33. The highest BCUT2D eigenvalue weighted by atomic mass is 35.5. The van der Waals surface area contributed by atoms with E-state index in [0.29, 0.717) is 27.5 Å². The topological polar surface area (TPSA) is 111 Å². The van der Waals surface area contributed by atoms with Gasteiger partial charge in [0.15, 0.2) is 0 Å². The third kappa shape index (κ3) is 5.63. The lowest BCUT2D eigenvalue weighted by atomic mass is 10.1. The largest absolute Gasteiger partial charge is 0.298 e. The molecule has 0 saturated heterocycles. The van der Waals surface area contributed by atoms with Crippen LogP contribution in [-0.2, 0) is 10.0 Å². The number of sulfonamides is 1. The van der Waals surface area contributed by atoms with E-state index in [1.54, 1.807) is 36.4 Å². The van der Waals surface area contributed by atoms with Crippen molar-refractivity contribution >= 4 is 38.9 Å². The van der Waals surface area contributed by atoms with Gasteiger partial charge in [0.25, 0.3) is 15.9 Å². The SMILES string of the molecule is C=C(NNC(=O)c1cccc(S(=O)(=O)Nc2ccc(Cl)cc2)c1)c1ccc(C#N)cc1. The molecule has 0 aliphatic heterocycles. The fourth-order valence-corrected chi connectivity index (χ4v) is 3.79. The van der Waals surface area contributed by atoms with Crippen LogP contribution in [0.15, 0.2) is 84.3 Å². The number of anilines is 1. The van der Waals surface area contributed by atoms with Crippen LogP contribution in [0.5, 0.6) is 0 Å². The molecule has 0 aromatic heterocycles. The van der Waals surface area contributed by atoms with Gasteiger partial charge in [0.05, 0.1) is 22.2 Å². The number of benzene rings is 3. The Hall–Kier alpha value is -3.80. The van der Waals surface area contributed by atoms with E-state index in [2.05, 4.69) is 22.2 Å². The minimum atomic E-state index is -3.90. The molecule has 3 aromatic carbocycles. The number of amides is 1. The lowest BCUT2D eigenvalue weighted by Gasteiger charge is -2.12. The Morgan fingerprint density at radius 3 is 2.26 bits per heavy atom. The highest BCUT2D eigenvalue weighted by Gasteiger charge is 2.17. The first kappa shape index (κ1) is 21.9. The van der Waals surface area contributed by atoms with Gasteiger partial charge in [0.1, 0.15) is 0 Å². The molecule has 0 spiro atoms. The van der Waals surface area contributed by atoms with Gasteiger partial charge < -0.3 is 0 Å². The summed E-state index contributed by atoms with van der Waals surface area (Å²) in [6.45, 7) is 3.83. The van der Waals surface area contributed by atoms with E-state index >= 15 is 0 Å². The number of nitriles is 1. The smallest absolute Gasteiger partial charge is 0.269 e. The van der Waals surface area contributed by atoms with Crippen LogP contribution < -0.4 is 15.6 Å². The zero-order valence-electron chi connectivity index (χ0n) is 16.1. The lowest BCUT2D eigenvalue weighted by molar-refractivity contribution is 0.0942. The maximum atomic E-state index is 12.6. The molecule has 0 fully saturated rings. The first-order valence-electron chi connectivity index (χ1n) is 8.93. The maximum absolute atomic E-state index is 12.6. The second kappa shape index (κ2) is 9.34. The standard InChI is InChI=1S/C22H17ClN4O3S/c1-15(17-7-5-16(14-24)6-8-17)25-26-22(28)18-3-2-4-21(13-18)31(29,30)27-20-11-9-19(23)10-12-20/h2-13,25,27H,1H2,(H,26,28). The Balaban J connectivity index is 1.68. The maximum Gasteiger partial charge on any atom is 0.269 e. The molecule has 3 rings (SSSR count). The zero-order chi connectivity index (χ0) is 22.4. The number of rotatable bonds is 7. The molecule has 7 nitrogen and oxygen atoms in total. The fourth-order valence-electron chi connectivity index (χ4n) is 2.56. The number of hydrazine groups is 1. The molecule has 3 aromatic rings. The van der Waals surface area contributed by atoms with E-state index in [0.717, 1.165) is 0 Å². The van der Waals surface area contributed by atoms with Crippen LogP contribution >= 0.6 is 11.6 Å². The molecule has 0 heterocycles. The van der Waals surface area contributed by atoms with Crippen LogP contribution in [0.2, 0.25) is 5.02 Å². The van der Waals surface area contributed by atoms with E-state index < -0.39 is 15.9 Å². The Morgan fingerprint density at radius 1 is 0.935 bits per heavy atom. The van der Waals surface area contributed by atoms with Gasteiger partial charge in [0.2, 0.25) is 0 Å². The lowest BCUT2D eigenvalue weighted by Crippen LogP contribution is -2.35. The highest BCUT2D eigenvalue weighted by molar-refractivity contribution is 7.92. The third-order valence-corrected chi connectivity index (χ3v) is 5.82. The van der Waals surface area contributed by atoms with Crippen LogP contribution in [0.3, 0.4) is 0 Å². The van der Waals surface area contributed by atoms with Crippen molar-refractivity contribution in [3.63, 3.8) is 0 Å². The first-order valence-corrected chi connectivity index (χ1v) is 10.8. The summed E-state index contributed by atoms with van der Waals surface area (Å²) >= 11 is 5.81. The molecule has 0 radical (unpaired) electrons. The zero-order valence-corrected chi connectivity index (χ0v) is 17.7. The summed E-state index contributed by atoms with van der Waals surface area (Å²) in [7, 11) is -3.90. The number of hydrogen-bond donors (Lipinski definition) is 3. The van der Waals surface area contributed by atoms with Crippen molar-refractivity contribution in [2.45, 2.75) is 4.90 Å². The second-order valence-electron chi connectivity index (χ2n) is 6.39. The van der Waals surface area contributed by atoms with E-state index in [-0.39, 0.29) is 10.5 Å². The Labute approximate surface area is 185 Å². The Kier molecular flexibility index (Phi) is 6.60. The number of hydrogen-bond acceptors (Lipinski definition) is 5. The summed E-state index contributed by atoms with van der Waals surface area (Å²) in [6, 6.07) is 20.5. The van der Waals surface area contributed by atoms with Gasteiger partial charge >= 0.3 is 0 Å². The minimum absolute atomic E-state index is 0.0685. The summed E-state index contributed by atoms with van der Waals surface area (Å²) in [6.07, 6.45) is 0. The van der Waals surface area contributed by atoms with E-state index in [4.69, 9.17) is 16.9 Å². The van der Waals surface area contributed by atoms with Gasteiger partial charge in [0, 0.05) is 16.3 Å². The van der Waals surface area contributed by atoms with Crippen molar-refractivity contribution in [2.75, 3.05) is 4.72 Å². The van der Waals surface area contributed by atoms with Crippen LogP contribution in [0, 0.1) is 11.3 Å². The molecule has 0 saturated carbocycles. The van der Waals surface area contributed by atoms with Crippen LogP contribution in [0.1, 0.15) is 21.5 Å². The molecule has 1 amide bonds.